The van der Waals surface area contributed by atoms with Gasteiger partial charge in [0.05, 0.1) is 0 Å². The number of alkyl halides is 3. The third-order valence-electron chi connectivity index (χ3n) is 0.711. The average Bonchev–Trinajstić information content (AvgIpc) is 1.88. The van der Waals surface area contributed by atoms with Crippen LogP contribution >= 0.6 is 0 Å². The van der Waals surface area contributed by atoms with E-state index < -0.39 is 11.9 Å². The molecule has 0 bridgehead atoms. The molecule has 10 heavy (non-hydrogen) atoms. The van der Waals surface area contributed by atoms with E-state index in [-0.39, 0.29) is 0 Å². The Kier molecular flexibility index (Phi) is 1.57. The maximum Gasteiger partial charge on any atom is 0.434 e. The van der Waals surface area contributed by atoms with Gasteiger partial charge in [-0.2, -0.15) is 13.2 Å². The van der Waals surface area contributed by atoms with Crippen molar-refractivity contribution in [3.8, 4) is 0 Å². The fourth-order valence-corrected chi connectivity index (χ4v) is 0.343. The summed E-state index contributed by atoms with van der Waals surface area (Å²) in [6, 6.07) is 1.70. The summed E-state index contributed by atoms with van der Waals surface area (Å²) in [7, 11) is 0. The van der Waals surface area contributed by atoms with Crippen LogP contribution in [0.2, 0.25) is 0 Å². The highest BCUT2D eigenvalue weighted by atomic mass is 19.4. The SMILES string of the molecule is FC(F)(F)c1[c][c]n[c]n1. The van der Waals surface area contributed by atoms with Crippen molar-refractivity contribution in [1.29, 1.82) is 0 Å². The van der Waals surface area contributed by atoms with E-state index >= 15 is 0 Å². The van der Waals surface area contributed by atoms with Crippen molar-refractivity contribution < 1.29 is 13.2 Å². The van der Waals surface area contributed by atoms with Crippen molar-refractivity contribution in [3.63, 3.8) is 0 Å². The number of nitrogens with zero attached hydrogens (tertiary/aromatic N) is 2. The first kappa shape index (κ1) is 6.98. The minimum absolute atomic E-state index is 1.15. The summed E-state index contributed by atoms with van der Waals surface area (Å²) in [4.78, 5) is 5.84. The van der Waals surface area contributed by atoms with Gasteiger partial charge < -0.3 is 0 Å². The van der Waals surface area contributed by atoms with Crippen LogP contribution in [0.25, 0.3) is 0 Å². The molecule has 0 aromatic carbocycles. The first-order chi connectivity index (χ1) is 4.61. The van der Waals surface area contributed by atoms with Crippen LogP contribution in [0.1, 0.15) is 5.69 Å². The van der Waals surface area contributed by atoms with Gasteiger partial charge in [0.1, 0.15) is 6.20 Å². The molecule has 0 fully saturated rings. The van der Waals surface area contributed by atoms with Gasteiger partial charge in [-0.05, 0) is 0 Å². The molecule has 1 heterocycles. The van der Waals surface area contributed by atoms with Crippen LogP contribution in [0.4, 0.5) is 13.2 Å². The first-order valence-electron chi connectivity index (χ1n) is 2.21. The number of rotatable bonds is 0. The number of aromatic nitrogens is 2. The molecule has 0 spiro atoms. The standard InChI is InChI=1S/C5F3N2/c6-5(7,8)4-1-2-9-3-10-4. The van der Waals surface area contributed by atoms with Crippen LogP contribution in [0, 0.1) is 18.6 Å². The molecule has 0 amide bonds. The highest BCUT2D eigenvalue weighted by molar-refractivity contribution is 4.98. The van der Waals surface area contributed by atoms with Crippen molar-refractivity contribution >= 4 is 0 Å². The van der Waals surface area contributed by atoms with Crippen molar-refractivity contribution in [1.82, 2.24) is 9.97 Å². The predicted molar refractivity (Wildman–Crippen MR) is 23.5 cm³/mol. The van der Waals surface area contributed by atoms with Gasteiger partial charge in [0.15, 0.2) is 12.0 Å². The van der Waals surface area contributed by atoms with Crippen LogP contribution in [-0.4, -0.2) is 9.97 Å². The first-order valence-corrected chi connectivity index (χ1v) is 2.21. The summed E-state index contributed by atoms with van der Waals surface area (Å²) < 4.78 is 34.9. The second kappa shape index (κ2) is 2.24. The zero-order valence-electron chi connectivity index (χ0n) is 4.53. The zero-order chi connectivity index (χ0) is 7.61. The molecule has 0 atom stereocenters. The molecule has 3 radical (unpaired) electrons. The van der Waals surface area contributed by atoms with Crippen LogP contribution in [0.15, 0.2) is 0 Å². The van der Waals surface area contributed by atoms with E-state index in [1.807, 2.05) is 6.20 Å². The van der Waals surface area contributed by atoms with Crippen molar-refractivity contribution in [2.24, 2.45) is 0 Å². The minimum atomic E-state index is -4.48. The topological polar surface area (TPSA) is 25.8 Å². The second-order valence-electron chi connectivity index (χ2n) is 1.41. The Bertz CT molecular complexity index is 206. The Morgan fingerprint density at radius 3 is 2.30 bits per heavy atom. The summed E-state index contributed by atoms with van der Waals surface area (Å²) >= 11 is 0. The molecular weight excluding hydrogens is 145 g/mol. The highest BCUT2D eigenvalue weighted by Gasteiger charge is 2.32. The van der Waals surface area contributed by atoms with Gasteiger partial charge in [0.25, 0.3) is 0 Å². The molecule has 51 valence electrons. The van der Waals surface area contributed by atoms with E-state index in [0.29, 0.717) is 0 Å². The van der Waals surface area contributed by atoms with Crippen LogP contribution < -0.4 is 0 Å². The smallest absolute Gasteiger partial charge is 0.223 e. The Hall–Kier alpha value is -1.13. The average molecular weight is 145 g/mol. The Balaban J connectivity index is 2.97. The number of hydrogen-bond donors (Lipinski definition) is 0. The molecule has 1 aromatic rings. The van der Waals surface area contributed by atoms with E-state index in [1.54, 1.807) is 12.4 Å². The number of hydrogen-bond acceptors (Lipinski definition) is 2. The Morgan fingerprint density at radius 2 is 2.00 bits per heavy atom. The van der Waals surface area contributed by atoms with E-state index in [1.165, 1.54) is 0 Å². The lowest BCUT2D eigenvalue weighted by atomic mass is 10.4. The fraction of sp³-hybridized carbons (Fsp3) is 0.200. The second-order valence-corrected chi connectivity index (χ2v) is 1.41. The van der Waals surface area contributed by atoms with E-state index in [0.717, 1.165) is 0 Å². The Morgan fingerprint density at radius 1 is 1.30 bits per heavy atom. The normalized spacial score (nSPS) is 11.5. The largest absolute Gasteiger partial charge is 0.434 e. The minimum Gasteiger partial charge on any atom is -0.223 e. The van der Waals surface area contributed by atoms with Gasteiger partial charge in [0, 0.05) is 6.07 Å². The molecule has 5 heteroatoms. The van der Waals surface area contributed by atoms with Crippen molar-refractivity contribution in [3.05, 3.63) is 24.3 Å². The molecule has 0 saturated heterocycles. The molecule has 0 aliphatic heterocycles. The summed E-state index contributed by atoms with van der Waals surface area (Å²) in [5, 5.41) is 0. The van der Waals surface area contributed by atoms with E-state index in [4.69, 9.17) is 0 Å². The lowest BCUT2D eigenvalue weighted by Gasteiger charge is -2.00. The van der Waals surface area contributed by atoms with Crippen molar-refractivity contribution in [2.75, 3.05) is 0 Å². The predicted octanol–water partition coefficient (Wildman–Crippen LogP) is 0.896. The maximum atomic E-state index is 11.6. The van der Waals surface area contributed by atoms with Gasteiger partial charge in [-0.15, -0.1) is 0 Å². The van der Waals surface area contributed by atoms with Gasteiger partial charge in [-0.3, -0.25) is 0 Å². The number of halogens is 3. The van der Waals surface area contributed by atoms with Crippen LogP contribution in [-0.2, 0) is 6.18 Å². The lowest BCUT2D eigenvalue weighted by Crippen LogP contribution is -2.07. The molecule has 1 rings (SSSR count). The van der Waals surface area contributed by atoms with Gasteiger partial charge in [0.2, 0.25) is 0 Å². The molecule has 0 aliphatic carbocycles. The van der Waals surface area contributed by atoms with Crippen LogP contribution in [0.5, 0.6) is 0 Å². The third-order valence-corrected chi connectivity index (χ3v) is 0.711. The maximum absolute atomic E-state index is 11.6. The van der Waals surface area contributed by atoms with Gasteiger partial charge in [-0.25, -0.2) is 9.97 Å². The lowest BCUT2D eigenvalue weighted by molar-refractivity contribution is -0.141. The van der Waals surface area contributed by atoms with Crippen LogP contribution in [0.3, 0.4) is 0 Å². The summed E-state index contributed by atoms with van der Waals surface area (Å²) in [6.07, 6.45) is -0.861. The van der Waals surface area contributed by atoms with E-state index in [2.05, 4.69) is 9.97 Å². The monoisotopic (exact) mass is 145 g/mol. The zero-order valence-corrected chi connectivity index (χ0v) is 4.53. The molecule has 0 unspecified atom stereocenters. The quantitative estimate of drug-likeness (QED) is 0.541. The highest BCUT2D eigenvalue weighted by Crippen LogP contribution is 2.25. The molecular formula is C5F3N2. The fourth-order valence-electron chi connectivity index (χ4n) is 0.343. The Labute approximate surface area is 54.7 Å². The van der Waals surface area contributed by atoms with Gasteiger partial charge >= 0.3 is 6.18 Å². The third kappa shape index (κ3) is 1.43. The summed E-state index contributed by atoms with van der Waals surface area (Å²) in [6.45, 7) is 0. The van der Waals surface area contributed by atoms with E-state index in [9.17, 15) is 13.2 Å². The molecule has 0 aliphatic rings. The molecule has 0 saturated carbocycles. The summed E-state index contributed by atoms with van der Waals surface area (Å²) in [5.74, 6) is 0. The molecule has 1 aromatic heterocycles. The summed E-state index contributed by atoms with van der Waals surface area (Å²) in [5.41, 5.74) is -1.15. The molecule has 0 N–H and O–H groups in total. The van der Waals surface area contributed by atoms with Crippen molar-refractivity contribution in [2.45, 2.75) is 6.18 Å². The molecule has 2 nitrogen and oxygen atoms in total. The van der Waals surface area contributed by atoms with Gasteiger partial charge in [-0.1, -0.05) is 0 Å².